The first-order chi connectivity index (χ1) is 15.0. The molecule has 0 fully saturated rings. The smallest absolute Gasteiger partial charge is 0.234 e. The maximum absolute atomic E-state index is 12.4. The predicted molar refractivity (Wildman–Crippen MR) is 125 cm³/mol. The summed E-state index contributed by atoms with van der Waals surface area (Å²) in [4.78, 5) is 12.4. The summed E-state index contributed by atoms with van der Waals surface area (Å²) < 4.78 is 7.76. The van der Waals surface area contributed by atoms with Crippen molar-refractivity contribution in [1.82, 2.24) is 14.8 Å². The molecule has 0 spiro atoms. The quantitative estimate of drug-likeness (QED) is 0.421. The Bertz CT molecular complexity index is 1240. The van der Waals surface area contributed by atoms with E-state index in [2.05, 4.69) is 28.5 Å². The fourth-order valence-electron chi connectivity index (χ4n) is 3.29. The number of anilines is 1. The van der Waals surface area contributed by atoms with Crippen LogP contribution in [0.1, 0.15) is 17.0 Å². The van der Waals surface area contributed by atoms with E-state index in [1.807, 2.05) is 73.1 Å². The van der Waals surface area contributed by atoms with Crippen molar-refractivity contribution in [2.75, 3.05) is 11.1 Å². The van der Waals surface area contributed by atoms with Crippen LogP contribution in [0.5, 0.6) is 5.75 Å². The van der Waals surface area contributed by atoms with E-state index in [-0.39, 0.29) is 11.7 Å². The van der Waals surface area contributed by atoms with E-state index in [1.165, 1.54) is 17.3 Å². The molecule has 3 aromatic carbocycles. The number of nitrogens with one attached hydrogen (secondary N) is 1. The molecule has 158 valence electrons. The molecule has 1 N–H and O–H groups in total. The van der Waals surface area contributed by atoms with Crippen LogP contribution in [0.2, 0.25) is 0 Å². The van der Waals surface area contributed by atoms with E-state index in [0.29, 0.717) is 17.6 Å². The van der Waals surface area contributed by atoms with Gasteiger partial charge in [0.2, 0.25) is 5.91 Å². The molecule has 0 saturated heterocycles. The molecule has 0 unspecified atom stereocenters. The lowest BCUT2D eigenvalue weighted by atomic mass is 10.1. The van der Waals surface area contributed by atoms with Gasteiger partial charge in [-0.1, -0.05) is 59.8 Å². The minimum absolute atomic E-state index is 0.0867. The van der Waals surface area contributed by atoms with Gasteiger partial charge in [0.05, 0.1) is 5.75 Å². The van der Waals surface area contributed by atoms with Crippen LogP contribution in [0.25, 0.3) is 10.8 Å². The molecule has 4 rings (SSSR count). The van der Waals surface area contributed by atoms with Crippen molar-refractivity contribution in [2.24, 2.45) is 7.05 Å². The van der Waals surface area contributed by atoms with Gasteiger partial charge in [0, 0.05) is 12.7 Å². The Morgan fingerprint density at radius 2 is 1.84 bits per heavy atom. The first kappa shape index (κ1) is 20.9. The van der Waals surface area contributed by atoms with E-state index in [1.54, 1.807) is 0 Å². The fraction of sp³-hybridized carbons (Fsp3) is 0.208. The van der Waals surface area contributed by atoms with Crippen LogP contribution >= 0.6 is 11.8 Å². The zero-order chi connectivity index (χ0) is 21.8. The van der Waals surface area contributed by atoms with Gasteiger partial charge >= 0.3 is 0 Å². The number of benzene rings is 3. The van der Waals surface area contributed by atoms with E-state index < -0.39 is 0 Å². The lowest BCUT2D eigenvalue weighted by Crippen LogP contribution is -2.14. The zero-order valence-electron chi connectivity index (χ0n) is 17.8. The second kappa shape index (κ2) is 9.22. The highest BCUT2D eigenvalue weighted by atomic mass is 32.2. The minimum Gasteiger partial charge on any atom is -0.485 e. The Morgan fingerprint density at radius 1 is 1.03 bits per heavy atom. The van der Waals surface area contributed by atoms with Gasteiger partial charge in [-0.3, -0.25) is 4.79 Å². The highest BCUT2D eigenvalue weighted by Crippen LogP contribution is 2.22. The summed E-state index contributed by atoms with van der Waals surface area (Å²) in [5, 5.41) is 14.3. The van der Waals surface area contributed by atoms with Crippen molar-refractivity contribution in [3.63, 3.8) is 0 Å². The fourth-order valence-corrected chi connectivity index (χ4v) is 4.02. The second-order valence-electron chi connectivity index (χ2n) is 7.41. The molecule has 0 aliphatic heterocycles. The van der Waals surface area contributed by atoms with Gasteiger partial charge in [-0.2, -0.15) is 0 Å². The average molecular weight is 433 g/mol. The molecule has 4 aromatic rings. The topological polar surface area (TPSA) is 69.0 Å². The van der Waals surface area contributed by atoms with Gasteiger partial charge in [-0.05, 0) is 48.4 Å². The molecule has 1 aromatic heterocycles. The van der Waals surface area contributed by atoms with Crippen molar-refractivity contribution in [2.45, 2.75) is 25.6 Å². The Morgan fingerprint density at radius 3 is 2.65 bits per heavy atom. The summed E-state index contributed by atoms with van der Waals surface area (Å²) in [5.41, 5.74) is 3.07. The third-order valence-corrected chi connectivity index (χ3v) is 6.00. The molecule has 0 radical (unpaired) electrons. The third kappa shape index (κ3) is 5.06. The number of nitrogens with zero attached hydrogens (tertiary/aromatic N) is 3. The van der Waals surface area contributed by atoms with E-state index in [9.17, 15) is 4.79 Å². The van der Waals surface area contributed by atoms with Gasteiger partial charge in [0.25, 0.3) is 0 Å². The van der Waals surface area contributed by atoms with Crippen LogP contribution < -0.4 is 10.1 Å². The maximum atomic E-state index is 12.4. The van der Waals surface area contributed by atoms with Gasteiger partial charge in [0.1, 0.15) is 12.4 Å². The van der Waals surface area contributed by atoms with E-state index in [0.717, 1.165) is 27.8 Å². The molecule has 0 saturated carbocycles. The molecular weight excluding hydrogens is 408 g/mol. The Kier molecular flexibility index (Phi) is 6.23. The van der Waals surface area contributed by atoms with Gasteiger partial charge in [-0.25, -0.2) is 0 Å². The van der Waals surface area contributed by atoms with E-state index >= 15 is 0 Å². The summed E-state index contributed by atoms with van der Waals surface area (Å²) in [6, 6.07) is 20.0. The summed E-state index contributed by atoms with van der Waals surface area (Å²) in [6.45, 7) is 4.39. The third-order valence-electron chi connectivity index (χ3n) is 4.98. The number of aromatic nitrogens is 3. The van der Waals surface area contributed by atoms with Crippen LogP contribution in [0, 0.1) is 13.8 Å². The van der Waals surface area contributed by atoms with Gasteiger partial charge in [-0.15, -0.1) is 10.2 Å². The SMILES string of the molecule is Cc1ccc(OCc2nnc(SCC(=O)Nc3ccc4ccccc4c3)n2C)c(C)c1. The number of rotatable bonds is 7. The van der Waals surface area contributed by atoms with Crippen LogP contribution in [0.15, 0.2) is 65.8 Å². The van der Waals surface area contributed by atoms with Crippen molar-refractivity contribution in [3.05, 3.63) is 77.6 Å². The molecule has 31 heavy (non-hydrogen) atoms. The number of carbonyl (C=O) groups excluding carboxylic acids is 1. The highest BCUT2D eigenvalue weighted by molar-refractivity contribution is 7.99. The minimum atomic E-state index is -0.0867. The molecule has 0 aliphatic rings. The van der Waals surface area contributed by atoms with Crippen molar-refractivity contribution in [1.29, 1.82) is 0 Å². The Hall–Kier alpha value is -3.32. The molecule has 1 heterocycles. The van der Waals surface area contributed by atoms with Crippen LogP contribution in [0.3, 0.4) is 0 Å². The lowest BCUT2D eigenvalue weighted by molar-refractivity contribution is -0.113. The van der Waals surface area contributed by atoms with Crippen molar-refractivity contribution < 1.29 is 9.53 Å². The Balaban J connectivity index is 1.33. The summed E-state index contributed by atoms with van der Waals surface area (Å²) in [7, 11) is 1.88. The number of ether oxygens (including phenoxy) is 1. The number of fused-ring (bicyclic) bond motifs is 1. The van der Waals surface area contributed by atoms with E-state index in [4.69, 9.17) is 4.74 Å². The summed E-state index contributed by atoms with van der Waals surface area (Å²) in [5.74, 6) is 1.70. The number of hydrogen-bond donors (Lipinski definition) is 1. The molecule has 0 aliphatic carbocycles. The van der Waals surface area contributed by atoms with Crippen molar-refractivity contribution in [3.8, 4) is 5.75 Å². The number of aryl methyl sites for hydroxylation is 2. The average Bonchev–Trinajstić information content (AvgIpc) is 3.11. The standard InChI is InChI=1S/C24H24N4O2S/c1-16-8-11-21(17(2)12-16)30-14-22-26-27-24(28(22)3)31-15-23(29)25-20-10-9-18-6-4-5-7-19(18)13-20/h4-13H,14-15H2,1-3H3,(H,25,29). The molecule has 0 bridgehead atoms. The largest absolute Gasteiger partial charge is 0.485 e. The molecular formula is C24H24N4O2S. The number of carbonyl (C=O) groups is 1. The maximum Gasteiger partial charge on any atom is 0.234 e. The number of thioether (sulfide) groups is 1. The van der Waals surface area contributed by atoms with Crippen LogP contribution in [-0.4, -0.2) is 26.4 Å². The van der Waals surface area contributed by atoms with Crippen LogP contribution in [-0.2, 0) is 18.4 Å². The summed E-state index contributed by atoms with van der Waals surface area (Å²) in [6.07, 6.45) is 0. The van der Waals surface area contributed by atoms with Crippen molar-refractivity contribution >= 4 is 34.1 Å². The monoisotopic (exact) mass is 432 g/mol. The van der Waals surface area contributed by atoms with Gasteiger partial charge in [0.15, 0.2) is 11.0 Å². The number of amides is 1. The highest BCUT2D eigenvalue weighted by Gasteiger charge is 2.13. The Labute approximate surface area is 185 Å². The van der Waals surface area contributed by atoms with Crippen LogP contribution in [0.4, 0.5) is 5.69 Å². The number of hydrogen-bond acceptors (Lipinski definition) is 5. The lowest BCUT2D eigenvalue weighted by Gasteiger charge is -2.10. The molecule has 1 amide bonds. The first-order valence-corrected chi connectivity index (χ1v) is 11.0. The van der Waals surface area contributed by atoms with Gasteiger partial charge < -0.3 is 14.6 Å². The predicted octanol–water partition coefficient (Wildman–Crippen LogP) is 4.89. The first-order valence-electron chi connectivity index (χ1n) is 9.99. The molecule has 7 heteroatoms. The normalized spacial score (nSPS) is 10.9. The second-order valence-corrected chi connectivity index (χ2v) is 8.36. The molecule has 6 nitrogen and oxygen atoms in total. The zero-order valence-corrected chi connectivity index (χ0v) is 18.6. The summed E-state index contributed by atoms with van der Waals surface area (Å²) >= 11 is 1.35. The molecule has 0 atom stereocenters.